The number of allylic oxidation sites excluding steroid dienone is 3. The zero-order chi connectivity index (χ0) is 13.0. The van der Waals surface area contributed by atoms with E-state index in [1.807, 2.05) is 18.2 Å². The Balaban J connectivity index is 1.90. The summed E-state index contributed by atoms with van der Waals surface area (Å²) in [7, 11) is 0. The standard InChI is InChI=1S/C15H17NO2/c16-13(9-11-5-7-14(17)8-6-11)10-12-3-1-2-4-15(12)18/h1-5,7-8,11,16-18H,6,9-10H2. The maximum Gasteiger partial charge on any atom is 0.119 e. The van der Waals surface area contributed by atoms with Crippen molar-refractivity contribution in [2.24, 2.45) is 5.92 Å². The summed E-state index contributed by atoms with van der Waals surface area (Å²) in [4.78, 5) is 0. The van der Waals surface area contributed by atoms with E-state index in [1.165, 1.54) is 0 Å². The molecule has 0 amide bonds. The van der Waals surface area contributed by atoms with Gasteiger partial charge >= 0.3 is 0 Å². The summed E-state index contributed by atoms with van der Waals surface area (Å²) < 4.78 is 0. The Morgan fingerprint density at radius 3 is 2.72 bits per heavy atom. The van der Waals surface area contributed by atoms with Crippen LogP contribution in [0, 0.1) is 11.3 Å². The minimum Gasteiger partial charge on any atom is -0.508 e. The number of phenols is 1. The van der Waals surface area contributed by atoms with E-state index in [1.54, 1.807) is 24.3 Å². The topological polar surface area (TPSA) is 64.3 Å². The van der Waals surface area contributed by atoms with Crippen LogP contribution in [0.25, 0.3) is 0 Å². The van der Waals surface area contributed by atoms with Crippen molar-refractivity contribution in [3.8, 4) is 5.75 Å². The maximum atomic E-state index is 9.65. The first-order chi connectivity index (χ1) is 8.65. The van der Waals surface area contributed by atoms with Crippen LogP contribution in [0.15, 0.2) is 48.3 Å². The second kappa shape index (κ2) is 5.54. The Morgan fingerprint density at radius 1 is 1.28 bits per heavy atom. The number of rotatable bonds is 4. The molecule has 0 heterocycles. The van der Waals surface area contributed by atoms with Crippen molar-refractivity contribution in [3.05, 3.63) is 53.8 Å². The largest absolute Gasteiger partial charge is 0.508 e. The van der Waals surface area contributed by atoms with E-state index in [9.17, 15) is 10.2 Å². The van der Waals surface area contributed by atoms with E-state index in [-0.39, 0.29) is 11.7 Å². The van der Waals surface area contributed by atoms with Gasteiger partial charge in [-0.1, -0.05) is 24.3 Å². The molecular formula is C15H17NO2. The van der Waals surface area contributed by atoms with Crippen molar-refractivity contribution in [2.45, 2.75) is 19.3 Å². The third-order valence-corrected chi connectivity index (χ3v) is 3.07. The monoisotopic (exact) mass is 243 g/mol. The Morgan fingerprint density at radius 2 is 2.06 bits per heavy atom. The molecule has 0 saturated heterocycles. The van der Waals surface area contributed by atoms with Crippen LogP contribution in [0.4, 0.5) is 0 Å². The Labute approximate surface area is 107 Å². The van der Waals surface area contributed by atoms with Crippen LogP contribution in [0.3, 0.4) is 0 Å². The van der Waals surface area contributed by atoms with Gasteiger partial charge in [-0.2, -0.15) is 0 Å². The lowest BCUT2D eigenvalue weighted by Gasteiger charge is -2.15. The molecule has 1 aliphatic carbocycles. The molecule has 1 aromatic carbocycles. The van der Waals surface area contributed by atoms with Crippen molar-refractivity contribution >= 4 is 5.71 Å². The number of aromatic hydroxyl groups is 1. The van der Waals surface area contributed by atoms with Crippen LogP contribution in [0.2, 0.25) is 0 Å². The van der Waals surface area contributed by atoms with Gasteiger partial charge < -0.3 is 15.6 Å². The zero-order valence-electron chi connectivity index (χ0n) is 10.1. The molecule has 18 heavy (non-hydrogen) atoms. The number of aliphatic hydroxyl groups is 1. The molecule has 1 atom stereocenters. The van der Waals surface area contributed by atoms with Gasteiger partial charge in [0.15, 0.2) is 0 Å². The Kier molecular flexibility index (Phi) is 3.82. The van der Waals surface area contributed by atoms with E-state index in [0.29, 0.717) is 24.3 Å². The first-order valence-corrected chi connectivity index (χ1v) is 6.05. The predicted molar refractivity (Wildman–Crippen MR) is 72.1 cm³/mol. The number of aliphatic hydroxyl groups excluding tert-OH is 1. The molecule has 0 bridgehead atoms. The summed E-state index contributed by atoms with van der Waals surface area (Å²) in [5.74, 6) is 0.830. The lowest BCUT2D eigenvalue weighted by molar-refractivity contribution is 0.421. The Hall–Kier alpha value is -2.03. The number of hydrogen-bond acceptors (Lipinski definition) is 3. The summed E-state index contributed by atoms with van der Waals surface area (Å²) in [5, 5.41) is 26.8. The third-order valence-electron chi connectivity index (χ3n) is 3.07. The van der Waals surface area contributed by atoms with Gasteiger partial charge in [0.1, 0.15) is 11.5 Å². The van der Waals surface area contributed by atoms with Crippen molar-refractivity contribution in [1.29, 1.82) is 5.41 Å². The SMILES string of the molecule is N=C(Cc1ccccc1O)CC1C=CC(O)=CC1. The molecule has 94 valence electrons. The average Bonchev–Trinajstić information content (AvgIpc) is 2.35. The van der Waals surface area contributed by atoms with Crippen LogP contribution >= 0.6 is 0 Å². The van der Waals surface area contributed by atoms with Gasteiger partial charge in [0.2, 0.25) is 0 Å². The summed E-state index contributed by atoms with van der Waals surface area (Å²) in [5.41, 5.74) is 1.39. The number of hydrogen-bond donors (Lipinski definition) is 3. The lowest BCUT2D eigenvalue weighted by Crippen LogP contribution is -2.10. The van der Waals surface area contributed by atoms with Crippen LogP contribution in [-0.4, -0.2) is 15.9 Å². The fourth-order valence-electron chi connectivity index (χ4n) is 2.08. The van der Waals surface area contributed by atoms with E-state index in [0.717, 1.165) is 12.0 Å². The van der Waals surface area contributed by atoms with Crippen molar-refractivity contribution in [1.82, 2.24) is 0 Å². The predicted octanol–water partition coefficient (Wildman–Crippen LogP) is 3.36. The molecule has 0 aromatic heterocycles. The van der Waals surface area contributed by atoms with Crippen LogP contribution in [-0.2, 0) is 6.42 Å². The minimum absolute atomic E-state index is 0.249. The number of benzene rings is 1. The third kappa shape index (κ3) is 3.23. The lowest BCUT2D eigenvalue weighted by atomic mass is 9.92. The first-order valence-electron chi connectivity index (χ1n) is 6.05. The molecule has 0 fully saturated rings. The number of nitrogens with one attached hydrogen (secondary N) is 1. The van der Waals surface area contributed by atoms with Gasteiger partial charge in [-0.25, -0.2) is 0 Å². The van der Waals surface area contributed by atoms with Crippen molar-refractivity contribution in [3.63, 3.8) is 0 Å². The molecule has 0 radical (unpaired) electrons. The van der Waals surface area contributed by atoms with E-state index < -0.39 is 0 Å². The Bertz CT molecular complexity index is 503. The van der Waals surface area contributed by atoms with Crippen LogP contribution in [0.5, 0.6) is 5.75 Å². The van der Waals surface area contributed by atoms with E-state index in [4.69, 9.17) is 5.41 Å². The highest BCUT2D eigenvalue weighted by Crippen LogP contribution is 2.21. The molecule has 0 spiro atoms. The molecule has 0 saturated carbocycles. The van der Waals surface area contributed by atoms with Gasteiger partial charge in [0.05, 0.1) is 0 Å². The number of phenolic OH excluding ortho intramolecular Hbond substituents is 1. The van der Waals surface area contributed by atoms with Gasteiger partial charge in [0.25, 0.3) is 0 Å². The fourth-order valence-corrected chi connectivity index (χ4v) is 2.08. The number of para-hydroxylation sites is 1. The second-order valence-electron chi connectivity index (χ2n) is 4.60. The first kappa shape index (κ1) is 12.4. The quantitative estimate of drug-likeness (QED) is 0.710. The van der Waals surface area contributed by atoms with Gasteiger partial charge in [0, 0.05) is 12.1 Å². The van der Waals surface area contributed by atoms with E-state index in [2.05, 4.69) is 0 Å². The van der Waals surface area contributed by atoms with Gasteiger partial charge in [-0.05, 0) is 42.5 Å². The van der Waals surface area contributed by atoms with Crippen molar-refractivity contribution in [2.75, 3.05) is 0 Å². The van der Waals surface area contributed by atoms with E-state index >= 15 is 0 Å². The summed E-state index contributed by atoms with van der Waals surface area (Å²) >= 11 is 0. The highest BCUT2D eigenvalue weighted by Gasteiger charge is 2.12. The fraction of sp³-hybridized carbons (Fsp3) is 0.267. The summed E-state index contributed by atoms with van der Waals surface area (Å²) in [6.45, 7) is 0. The normalized spacial score (nSPS) is 18.4. The van der Waals surface area contributed by atoms with Crippen LogP contribution < -0.4 is 0 Å². The highest BCUT2D eigenvalue weighted by atomic mass is 16.3. The average molecular weight is 243 g/mol. The summed E-state index contributed by atoms with van der Waals surface area (Å²) in [6.07, 6.45) is 7.31. The molecule has 1 aromatic rings. The molecule has 3 heteroatoms. The smallest absolute Gasteiger partial charge is 0.119 e. The minimum atomic E-state index is 0.249. The molecular weight excluding hydrogens is 226 g/mol. The molecule has 1 aliphatic rings. The molecule has 1 unspecified atom stereocenters. The highest BCUT2D eigenvalue weighted by molar-refractivity contribution is 5.84. The van der Waals surface area contributed by atoms with Gasteiger partial charge in [-0.15, -0.1) is 0 Å². The second-order valence-corrected chi connectivity index (χ2v) is 4.60. The molecule has 0 aliphatic heterocycles. The zero-order valence-corrected chi connectivity index (χ0v) is 10.1. The van der Waals surface area contributed by atoms with Gasteiger partial charge in [-0.3, -0.25) is 0 Å². The molecule has 2 rings (SSSR count). The maximum absolute atomic E-state index is 9.65. The molecule has 3 nitrogen and oxygen atoms in total. The summed E-state index contributed by atoms with van der Waals surface area (Å²) in [6, 6.07) is 7.12. The molecule has 3 N–H and O–H groups in total. The van der Waals surface area contributed by atoms with Crippen LogP contribution in [0.1, 0.15) is 18.4 Å². The van der Waals surface area contributed by atoms with Crippen molar-refractivity contribution < 1.29 is 10.2 Å².